The molecule has 0 saturated heterocycles. The van der Waals surface area contributed by atoms with E-state index in [2.05, 4.69) is 228 Å². The summed E-state index contributed by atoms with van der Waals surface area (Å²) in [5.74, 6) is 0. The van der Waals surface area contributed by atoms with Crippen LogP contribution in [-0.2, 0) is 5.41 Å². The fourth-order valence-corrected chi connectivity index (χ4v) is 11.1. The minimum absolute atomic E-state index is 0.456. The molecule has 0 fully saturated rings. The van der Waals surface area contributed by atoms with Crippen LogP contribution in [0.2, 0.25) is 0 Å². The normalized spacial score (nSPS) is 14.6. The number of anilines is 6. The summed E-state index contributed by atoms with van der Waals surface area (Å²) in [7, 11) is 0. The molecule has 1 unspecified atom stereocenters. The maximum atomic E-state index is 2.45. The number of hydrogen-bond acceptors (Lipinski definition) is 3. The zero-order chi connectivity index (χ0) is 38.2. The molecule has 0 radical (unpaired) electrons. The molecule has 2 aliphatic carbocycles. The third kappa shape index (κ3) is 4.71. The van der Waals surface area contributed by atoms with Crippen LogP contribution in [0.4, 0.5) is 34.1 Å². The Hall–Kier alpha value is -7.20. The van der Waals surface area contributed by atoms with Crippen LogP contribution in [0.1, 0.15) is 22.3 Å². The van der Waals surface area contributed by atoms with Crippen LogP contribution >= 0.6 is 11.3 Å². The third-order valence-corrected chi connectivity index (χ3v) is 13.4. The Kier molecular flexibility index (Phi) is 7.35. The highest BCUT2D eigenvalue weighted by Gasteiger charge is 2.51. The van der Waals surface area contributed by atoms with Crippen LogP contribution in [-0.4, -0.2) is 0 Å². The van der Waals surface area contributed by atoms with Crippen molar-refractivity contribution >= 4 is 65.6 Å². The third-order valence-electron chi connectivity index (χ3n) is 12.2. The van der Waals surface area contributed by atoms with Crippen LogP contribution < -0.4 is 9.80 Å². The first kappa shape index (κ1) is 33.0. The zero-order valence-electron chi connectivity index (χ0n) is 31.6. The molecule has 1 spiro atoms. The SMILES string of the molecule is c1ccc(N(c2ccccc2)c2ccc3c(c2)-c2ccccc2C32c3ccccc3-c3cc(N(c4ccccc4)c4cccc5c4sc4ccccc45)ccc32)cc1. The molecule has 9 aromatic carbocycles. The lowest BCUT2D eigenvalue weighted by molar-refractivity contribution is 0.794. The van der Waals surface area contributed by atoms with Gasteiger partial charge in [0.05, 0.1) is 15.8 Å². The Labute approximate surface area is 342 Å². The summed E-state index contributed by atoms with van der Waals surface area (Å²) < 4.78 is 2.60. The molecule has 58 heavy (non-hydrogen) atoms. The highest BCUT2D eigenvalue weighted by Crippen LogP contribution is 2.64. The molecule has 1 atom stereocenters. The molecule has 3 heteroatoms. The standard InChI is InChI=1S/C55H36N2S/c1-4-17-37(18-5-1)56(38-19-6-2-7-20-38)40-31-33-50-46(35-40)42-23-10-13-27-48(42)55(50)49-28-14-11-24-43(49)47-36-41(32-34-51(47)55)57(39-21-8-3-9-22-39)52-29-16-26-45-44-25-12-15-30-53(44)58-54(45)52/h1-36H. The molecule has 0 aliphatic heterocycles. The van der Waals surface area contributed by atoms with Crippen LogP contribution in [0.5, 0.6) is 0 Å². The van der Waals surface area contributed by atoms with Crippen molar-refractivity contribution in [1.29, 1.82) is 0 Å². The quantitative estimate of drug-likeness (QED) is 0.167. The summed E-state index contributed by atoms with van der Waals surface area (Å²) in [6.45, 7) is 0. The van der Waals surface area contributed by atoms with Crippen LogP contribution in [0.15, 0.2) is 218 Å². The van der Waals surface area contributed by atoms with E-state index >= 15 is 0 Å². The first-order chi connectivity index (χ1) is 28.8. The first-order valence-electron chi connectivity index (χ1n) is 19.9. The van der Waals surface area contributed by atoms with E-state index < -0.39 is 5.41 Å². The summed E-state index contributed by atoms with van der Waals surface area (Å²) in [5.41, 5.74) is 16.9. The van der Waals surface area contributed by atoms with E-state index in [0.717, 1.165) is 28.4 Å². The number of hydrogen-bond donors (Lipinski definition) is 0. The van der Waals surface area contributed by atoms with Gasteiger partial charge in [0.1, 0.15) is 0 Å². The fourth-order valence-electron chi connectivity index (χ4n) is 9.92. The number of thiophene rings is 1. The Morgan fingerprint density at radius 1 is 0.310 bits per heavy atom. The Morgan fingerprint density at radius 2 is 0.759 bits per heavy atom. The average molecular weight is 757 g/mol. The lowest BCUT2D eigenvalue weighted by atomic mass is 9.70. The van der Waals surface area contributed by atoms with E-state index in [1.165, 1.54) is 70.4 Å². The zero-order valence-corrected chi connectivity index (χ0v) is 32.4. The van der Waals surface area contributed by atoms with E-state index in [4.69, 9.17) is 0 Å². The molecule has 0 N–H and O–H groups in total. The molecule has 0 bridgehead atoms. The van der Waals surface area contributed by atoms with E-state index in [9.17, 15) is 0 Å². The molecule has 1 aromatic heterocycles. The summed E-state index contributed by atoms with van der Waals surface area (Å²) in [6.07, 6.45) is 0. The molecule has 0 amide bonds. The predicted octanol–water partition coefficient (Wildman–Crippen LogP) is 15.3. The Morgan fingerprint density at radius 3 is 1.34 bits per heavy atom. The Bertz CT molecular complexity index is 3150. The minimum Gasteiger partial charge on any atom is -0.310 e. The van der Waals surface area contributed by atoms with E-state index in [1.54, 1.807) is 0 Å². The van der Waals surface area contributed by atoms with Crippen LogP contribution in [0.25, 0.3) is 42.4 Å². The van der Waals surface area contributed by atoms with Crippen molar-refractivity contribution in [2.75, 3.05) is 9.80 Å². The van der Waals surface area contributed by atoms with Crippen molar-refractivity contribution in [3.8, 4) is 22.3 Å². The van der Waals surface area contributed by atoms with Crippen LogP contribution in [0.3, 0.4) is 0 Å². The predicted molar refractivity (Wildman–Crippen MR) is 245 cm³/mol. The number of nitrogens with zero attached hydrogens (tertiary/aromatic N) is 2. The molecular weight excluding hydrogens is 721 g/mol. The second kappa shape index (κ2) is 12.9. The second-order valence-electron chi connectivity index (χ2n) is 15.2. The second-order valence-corrected chi connectivity index (χ2v) is 16.3. The maximum Gasteiger partial charge on any atom is 0.0725 e. The van der Waals surface area contributed by atoms with Gasteiger partial charge in [-0.2, -0.15) is 0 Å². The van der Waals surface area contributed by atoms with Crippen LogP contribution in [0, 0.1) is 0 Å². The van der Waals surface area contributed by atoms with E-state index in [-0.39, 0.29) is 0 Å². The Balaban J connectivity index is 1.08. The van der Waals surface area contributed by atoms with Crippen molar-refractivity contribution in [2.45, 2.75) is 5.41 Å². The number of benzene rings is 9. The van der Waals surface area contributed by atoms with Gasteiger partial charge >= 0.3 is 0 Å². The maximum absolute atomic E-state index is 2.45. The summed E-state index contributed by atoms with van der Waals surface area (Å²) in [4.78, 5) is 4.82. The minimum atomic E-state index is -0.456. The van der Waals surface area contributed by atoms with E-state index in [1.807, 2.05) is 11.3 Å². The molecule has 12 rings (SSSR count). The topological polar surface area (TPSA) is 6.48 Å². The van der Waals surface area contributed by atoms with Gasteiger partial charge in [-0.25, -0.2) is 0 Å². The fraction of sp³-hybridized carbons (Fsp3) is 0.0182. The monoisotopic (exact) mass is 756 g/mol. The van der Waals surface area contributed by atoms with Crippen molar-refractivity contribution in [3.63, 3.8) is 0 Å². The lowest BCUT2D eigenvalue weighted by Crippen LogP contribution is -2.26. The largest absolute Gasteiger partial charge is 0.310 e. The van der Waals surface area contributed by atoms with Gasteiger partial charge in [0.2, 0.25) is 0 Å². The molecular formula is C55H36N2S. The highest BCUT2D eigenvalue weighted by molar-refractivity contribution is 7.26. The van der Waals surface area contributed by atoms with Gasteiger partial charge in [-0.15, -0.1) is 11.3 Å². The van der Waals surface area contributed by atoms with Crippen molar-refractivity contribution in [1.82, 2.24) is 0 Å². The highest BCUT2D eigenvalue weighted by atomic mass is 32.1. The average Bonchev–Trinajstić information content (AvgIpc) is 3.92. The summed E-state index contributed by atoms with van der Waals surface area (Å²) in [6, 6.07) is 80.3. The molecule has 2 aliphatic rings. The van der Waals surface area contributed by atoms with Crippen molar-refractivity contribution in [2.24, 2.45) is 0 Å². The molecule has 2 nitrogen and oxygen atoms in total. The van der Waals surface area contributed by atoms with Gasteiger partial charge < -0.3 is 9.80 Å². The van der Waals surface area contributed by atoms with Crippen molar-refractivity contribution in [3.05, 3.63) is 241 Å². The molecule has 272 valence electrons. The first-order valence-corrected chi connectivity index (χ1v) is 20.8. The van der Waals surface area contributed by atoms with Gasteiger partial charge in [-0.05, 0) is 117 Å². The number of rotatable bonds is 6. The number of fused-ring (bicyclic) bond motifs is 13. The van der Waals surface area contributed by atoms with Crippen molar-refractivity contribution < 1.29 is 0 Å². The van der Waals surface area contributed by atoms with Gasteiger partial charge in [0.15, 0.2) is 0 Å². The molecule has 1 heterocycles. The summed E-state index contributed by atoms with van der Waals surface area (Å²) >= 11 is 1.87. The lowest BCUT2D eigenvalue weighted by Gasteiger charge is -2.32. The van der Waals surface area contributed by atoms with Gasteiger partial charge in [0, 0.05) is 43.9 Å². The molecule has 10 aromatic rings. The van der Waals surface area contributed by atoms with Gasteiger partial charge in [0.25, 0.3) is 0 Å². The molecule has 0 saturated carbocycles. The summed E-state index contributed by atoms with van der Waals surface area (Å²) in [5, 5.41) is 2.60. The van der Waals surface area contributed by atoms with E-state index in [0.29, 0.717) is 0 Å². The smallest absolute Gasteiger partial charge is 0.0725 e. The van der Waals surface area contributed by atoms with Gasteiger partial charge in [-0.3, -0.25) is 0 Å². The van der Waals surface area contributed by atoms with Gasteiger partial charge in [-0.1, -0.05) is 146 Å². The number of para-hydroxylation sites is 3.